The molecule has 4 aliphatic carbocycles. The standard InChI is InChI=1S/C30H34N2O4/c1-29(2)26(22-9-6-10-23-25(22)36-17-35-23)32(28(29)34)24-20-11-19-12-21(24)15-30(13-19,14-20)27(33)31-16-18-7-4-3-5-8-18/h3-10,19-21,24,26H,11-17H2,1-2H3,(H,31,33)/t19?,20?,21?,24-,26?,30-. The van der Waals surface area contributed by atoms with Gasteiger partial charge in [-0.15, -0.1) is 0 Å². The number of likely N-dealkylation sites (tertiary alicyclic amines) is 1. The number of benzene rings is 2. The van der Waals surface area contributed by atoms with E-state index in [-0.39, 0.29) is 36.1 Å². The smallest absolute Gasteiger partial charge is 0.231 e. The molecular weight excluding hydrogens is 452 g/mol. The molecule has 1 saturated heterocycles. The van der Waals surface area contributed by atoms with Gasteiger partial charge in [0.15, 0.2) is 11.5 Å². The second-order valence-corrected chi connectivity index (χ2v) is 12.3. The molecule has 4 bridgehead atoms. The maximum Gasteiger partial charge on any atom is 0.231 e. The van der Waals surface area contributed by atoms with Crippen LogP contribution in [-0.4, -0.2) is 29.5 Å². The summed E-state index contributed by atoms with van der Waals surface area (Å²) in [5.74, 6) is 3.31. The number of rotatable bonds is 5. The molecule has 2 aliphatic heterocycles. The minimum atomic E-state index is -0.486. The summed E-state index contributed by atoms with van der Waals surface area (Å²) in [6, 6.07) is 16.3. The number of amides is 2. The van der Waals surface area contributed by atoms with Crippen LogP contribution in [0.1, 0.15) is 63.1 Å². The molecule has 6 nitrogen and oxygen atoms in total. The van der Waals surface area contributed by atoms with Crippen LogP contribution in [0.25, 0.3) is 0 Å². The van der Waals surface area contributed by atoms with Crippen molar-refractivity contribution in [3.63, 3.8) is 0 Å². The Morgan fingerprint density at radius 1 is 1.00 bits per heavy atom. The first kappa shape index (κ1) is 22.2. The Morgan fingerprint density at radius 2 is 1.75 bits per heavy atom. The maximum atomic E-state index is 13.6. The van der Waals surface area contributed by atoms with Gasteiger partial charge in [-0.05, 0) is 75.3 Å². The molecule has 188 valence electrons. The minimum absolute atomic E-state index is 0.0352. The van der Waals surface area contributed by atoms with Crippen LogP contribution in [-0.2, 0) is 16.1 Å². The monoisotopic (exact) mass is 486 g/mol. The van der Waals surface area contributed by atoms with Crippen molar-refractivity contribution in [1.29, 1.82) is 0 Å². The molecule has 6 heteroatoms. The van der Waals surface area contributed by atoms with E-state index in [0.717, 1.165) is 54.7 Å². The highest BCUT2D eigenvalue weighted by molar-refractivity contribution is 5.91. The number of hydrogen-bond donors (Lipinski definition) is 1. The Hall–Kier alpha value is -3.02. The van der Waals surface area contributed by atoms with E-state index in [2.05, 4.69) is 42.3 Å². The van der Waals surface area contributed by atoms with Crippen molar-refractivity contribution in [2.45, 2.75) is 64.6 Å². The largest absolute Gasteiger partial charge is 0.454 e. The molecule has 2 heterocycles. The molecule has 0 aromatic heterocycles. The number of nitrogens with one attached hydrogen (secondary N) is 1. The van der Waals surface area contributed by atoms with Crippen molar-refractivity contribution in [3.8, 4) is 11.5 Å². The van der Waals surface area contributed by atoms with Crippen molar-refractivity contribution >= 4 is 11.8 Å². The van der Waals surface area contributed by atoms with E-state index in [1.54, 1.807) is 0 Å². The average molecular weight is 487 g/mol. The Kier molecular flexibility index (Phi) is 4.77. The van der Waals surface area contributed by atoms with Gasteiger partial charge in [0.05, 0.1) is 16.9 Å². The van der Waals surface area contributed by atoms with E-state index in [1.807, 2.05) is 30.3 Å². The first-order valence-electron chi connectivity index (χ1n) is 13.4. The van der Waals surface area contributed by atoms with Gasteiger partial charge in [0.25, 0.3) is 0 Å². The van der Waals surface area contributed by atoms with E-state index in [4.69, 9.17) is 9.47 Å². The average Bonchev–Trinajstić information content (AvgIpc) is 3.36. The molecule has 4 saturated carbocycles. The lowest BCUT2D eigenvalue weighted by Crippen LogP contribution is -2.71. The van der Waals surface area contributed by atoms with Gasteiger partial charge < -0.3 is 19.7 Å². The van der Waals surface area contributed by atoms with Crippen LogP contribution in [0, 0.1) is 28.6 Å². The van der Waals surface area contributed by atoms with Crippen LogP contribution in [0.5, 0.6) is 11.5 Å². The zero-order chi connectivity index (χ0) is 24.7. The molecule has 3 unspecified atom stereocenters. The number of carbonyl (C=O) groups is 2. The summed E-state index contributed by atoms with van der Waals surface area (Å²) in [5.41, 5.74) is 1.41. The predicted octanol–water partition coefficient (Wildman–Crippen LogP) is 4.84. The topological polar surface area (TPSA) is 67.9 Å². The predicted molar refractivity (Wildman–Crippen MR) is 134 cm³/mol. The summed E-state index contributed by atoms with van der Waals surface area (Å²) in [6.07, 6.45) is 5.01. The van der Waals surface area contributed by atoms with Crippen LogP contribution >= 0.6 is 0 Å². The van der Waals surface area contributed by atoms with Crippen LogP contribution < -0.4 is 14.8 Å². The van der Waals surface area contributed by atoms with Crippen molar-refractivity contribution in [2.24, 2.45) is 28.6 Å². The lowest BCUT2D eigenvalue weighted by atomic mass is 9.46. The van der Waals surface area contributed by atoms with Crippen LogP contribution in [0.15, 0.2) is 48.5 Å². The van der Waals surface area contributed by atoms with Gasteiger partial charge in [-0.3, -0.25) is 9.59 Å². The highest BCUT2D eigenvalue weighted by Crippen LogP contribution is 2.65. The number of nitrogens with zero attached hydrogens (tertiary/aromatic N) is 1. The number of β-lactam (4-membered cyclic amide) rings is 1. The van der Waals surface area contributed by atoms with Crippen molar-refractivity contribution in [3.05, 3.63) is 59.7 Å². The SMILES string of the molecule is CC1(C)C(=O)N([C@H]2C3CC4CC2C[C@](C(=O)NCc2ccccc2)(C4)C3)C1c1cccc2c1OCO2. The fourth-order valence-corrected chi connectivity index (χ4v) is 8.56. The third kappa shape index (κ3) is 3.09. The molecule has 3 atom stereocenters. The summed E-state index contributed by atoms with van der Waals surface area (Å²) in [4.78, 5) is 29.4. The van der Waals surface area contributed by atoms with Crippen molar-refractivity contribution in [1.82, 2.24) is 10.2 Å². The molecule has 36 heavy (non-hydrogen) atoms. The number of ether oxygens (including phenoxy) is 2. The number of carbonyl (C=O) groups excluding carboxylic acids is 2. The van der Waals surface area contributed by atoms with Crippen molar-refractivity contribution < 1.29 is 19.1 Å². The molecule has 0 radical (unpaired) electrons. The first-order valence-corrected chi connectivity index (χ1v) is 13.4. The second-order valence-electron chi connectivity index (χ2n) is 12.3. The quantitative estimate of drug-likeness (QED) is 0.615. The number of fused-ring (bicyclic) bond motifs is 1. The lowest BCUT2D eigenvalue weighted by molar-refractivity contribution is -0.199. The van der Waals surface area contributed by atoms with E-state index < -0.39 is 5.41 Å². The molecule has 2 aromatic rings. The highest BCUT2D eigenvalue weighted by Gasteiger charge is 2.66. The molecule has 2 aromatic carbocycles. The van der Waals surface area contributed by atoms with E-state index >= 15 is 0 Å². The van der Waals surface area contributed by atoms with Crippen LogP contribution in [0.4, 0.5) is 0 Å². The Morgan fingerprint density at radius 3 is 2.50 bits per heavy atom. The fraction of sp³-hybridized carbons (Fsp3) is 0.533. The van der Waals surface area contributed by atoms with E-state index in [0.29, 0.717) is 24.3 Å². The zero-order valence-corrected chi connectivity index (χ0v) is 21.0. The third-order valence-corrected chi connectivity index (χ3v) is 9.79. The number of para-hydroxylation sites is 1. The summed E-state index contributed by atoms with van der Waals surface area (Å²) in [7, 11) is 0. The Balaban J connectivity index is 1.16. The normalized spacial score (nSPS) is 35.0. The molecule has 0 spiro atoms. The molecule has 2 amide bonds. The lowest BCUT2D eigenvalue weighted by Gasteiger charge is -2.66. The number of hydrogen-bond acceptors (Lipinski definition) is 4. The van der Waals surface area contributed by atoms with Gasteiger partial charge in [-0.25, -0.2) is 0 Å². The van der Waals surface area contributed by atoms with Gasteiger partial charge in [-0.2, -0.15) is 0 Å². The molecular formula is C30H34N2O4. The molecule has 5 fully saturated rings. The van der Waals surface area contributed by atoms with E-state index in [9.17, 15) is 9.59 Å². The van der Waals surface area contributed by atoms with Crippen LogP contribution in [0.3, 0.4) is 0 Å². The summed E-state index contributed by atoms with van der Waals surface area (Å²) >= 11 is 0. The van der Waals surface area contributed by atoms with Gasteiger partial charge in [0.1, 0.15) is 0 Å². The molecule has 8 rings (SSSR count). The first-order chi connectivity index (χ1) is 17.4. The zero-order valence-electron chi connectivity index (χ0n) is 21.0. The second kappa shape index (κ2) is 7.74. The van der Waals surface area contributed by atoms with Crippen LogP contribution in [0.2, 0.25) is 0 Å². The minimum Gasteiger partial charge on any atom is -0.454 e. The van der Waals surface area contributed by atoms with Gasteiger partial charge in [-0.1, -0.05) is 42.5 Å². The van der Waals surface area contributed by atoms with Gasteiger partial charge in [0.2, 0.25) is 18.6 Å². The van der Waals surface area contributed by atoms with Gasteiger partial charge in [0, 0.05) is 18.2 Å². The van der Waals surface area contributed by atoms with Crippen molar-refractivity contribution in [2.75, 3.05) is 6.79 Å². The molecule has 1 N–H and O–H groups in total. The fourth-order valence-electron chi connectivity index (χ4n) is 8.56. The third-order valence-electron chi connectivity index (χ3n) is 9.79. The summed E-state index contributed by atoms with van der Waals surface area (Å²) in [6.45, 7) is 4.91. The summed E-state index contributed by atoms with van der Waals surface area (Å²) < 4.78 is 11.5. The van der Waals surface area contributed by atoms with Gasteiger partial charge >= 0.3 is 0 Å². The highest BCUT2D eigenvalue weighted by atomic mass is 16.7. The summed E-state index contributed by atoms with van der Waals surface area (Å²) in [5, 5.41) is 3.26. The molecule has 6 aliphatic rings. The Bertz CT molecular complexity index is 1210. The Labute approximate surface area is 212 Å². The van der Waals surface area contributed by atoms with E-state index in [1.165, 1.54) is 0 Å². The maximum absolute atomic E-state index is 13.6.